The van der Waals surface area contributed by atoms with E-state index in [1.165, 1.54) is 13.8 Å². The molecule has 0 aromatic carbocycles. The lowest BCUT2D eigenvalue weighted by Gasteiger charge is -2.15. The fraction of sp³-hybridized carbons (Fsp3) is 0.538. The van der Waals surface area contributed by atoms with Gasteiger partial charge < -0.3 is 4.74 Å². The summed E-state index contributed by atoms with van der Waals surface area (Å²) in [5.74, 6) is -0.408. The van der Waals surface area contributed by atoms with Crippen LogP contribution in [0.4, 0.5) is 5.69 Å². The lowest BCUT2D eigenvalue weighted by Crippen LogP contribution is -2.29. The third-order valence-corrected chi connectivity index (χ3v) is 2.77. The van der Waals surface area contributed by atoms with Gasteiger partial charge in [0.05, 0.1) is 17.7 Å². The Morgan fingerprint density at radius 2 is 2.05 bits per heavy atom. The highest BCUT2D eigenvalue weighted by atomic mass is 16.6. The molecule has 20 heavy (non-hydrogen) atoms. The van der Waals surface area contributed by atoms with E-state index in [4.69, 9.17) is 4.74 Å². The number of rotatable bonds is 5. The maximum Gasteiger partial charge on any atom is 0.328 e. The number of aryl methyl sites for hydroxylation is 1. The summed E-state index contributed by atoms with van der Waals surface area (Å²) in [4.78, 5) is 33.9. The normalized spacial score (nSPS) is 12.2. The molecule has 7 nitrogen and oxygen atoms in total. The summed E-state index contributed by atoms with van der Waals surface area (Å²) in [7, 11) is 0. The van der Waals surface area contributed by atoms with E-state index in [-0.39, 0.29) is 23.8 Å². The highest BCUT2D eigenvalue weighted by molar-refractivity contribution is 5.73. The molecule has 1 atom stereocenters. The van der Waals surface area contributed by atoms with Gasteiger partial charge in [-0.15, -0.1) is 0 Å². The first-order valence-corrected chi connectivity index (χ1v) is 6.27. The molecule has 1 rings (SSSR count). The van der Waals surface area contributed by atoms with Gasteiger partial charge >= 0.3 is 5.97 Å². The molecule has 0 saturated heterocycles. The summed E-state index contributed by atoms with van der Waals surface area (Å²) < 4.78 is 6.06. The van der Waals surface area contributed by atoms with Crippen molar-refractivity contribution >= 4 is 11.7 Å². The Morgan fingerprint density at radius 3 is 2.55 bits per heavy atom. The molecule has 1 aromatic rings. The van der Waals surface area contributed by atoms with Crippen LogP contribution in [0.1, 0.15) is 32.4 Å². The molecule has 110 valence electrons. The summed E-state index contributed by atoms with van der Waals surface area (Å²) in [6.45, 7) is 6.97. The van der Waals surface area contributed by atoms with Crippen LogP contribution < -0.4 is 5.56 Å². The van der Waals surface area contributed by atoms with Gasteiger partial charge in [0.1, 0.15) is 6.04 Å². The minimum atomic E-state index is -0.902. The Morgan fingerprint density at radius 1 is 1.45 bits per heavy atom. The minimum absolute atomic E-state index is 0.176. The molecule has 0 fully saturated rings. The zero-order valence-corrected chi connectivity index (χ0v) is 12.0. The molecule has 1 aromatic heterocycles. The van der Waals surface area contributed by atoms with Gasteiger partial charge in [-0.2, -0.15) is 0 Å². The molecule has 1 unspecified atom stereocenters. The van der Waals surface area contributed by atoms with Crippen LogP contribution in [0, 0.1) is 23.0 Å². The average molecular weight is 282 g/mol. The number of pyridine rings is 1. The van der Waals surface area contributed by atoms with Crippen LogP contribution in [0.25, 0.3) is 0 Å². The SMILES string of the molecule is Cc1cc(=O)n(C(C)C(=O)OCC(C)C)cc1[N+](=O)[O-]. The van der Waals surface area contributed by atoms with Crippen molar-refractivity contribution in [3.63, 3.8) is 0 Å². The van der Waals surface area contributed by atoms with E-state index in [1.807, 2.05) is 13.8 Å². The van der Waals surface area contributed by atoms with Gasteiger partial charge in [0.25, 0.3) is 11.2 Å². The molecule has 0 saturated carbocycles. The van der Waals surface area contributed by atoms with Crippen LogP contribution >= 0.6 is 0 Å². The van der Waals surface area contributed by atoms with E-state index >= 15 is 0 Å². The van der Waals surface area contributed by atoms with Crippen molar-refractivity contribution in [3.05, 3.63) is 38.3 Å². The van der Waals surface area contributed by atoms with Crippen molar-refractivity contribution < 1.29 is 14.5 Å². The second-order valence-corrected chi connectivity index (χ2v) is 5.04. The minimum Gasteiger partial charge on any atom is -0.464 e. The smallest absolute Gasteiger partial charge is 0.328 e. The summed E-state index contributed by atoms with van der Waals surface area (Å²) in [6, 6.07) is 0.241. The second kappa shape index (κ2) is 6.31. The van der Waals surface area contributed by atoms with Crippen LogP contribution in [0.5, 0.6) is 0 Å². The van der Waals surface area contributed by atoms with Crippen LogP contribution in [-0.4, -0.2) is 22.1 Å². The molecule has 0 spiro atoms. The molecule has 0 radical (unpaired) electrons. The molecular formula is C13H18N2O5. The Labute approximate surface area is 116 Å². The molecule has 0 amide bonds. The highest BCUT2D eigenvalue weighted by Crippen LogP contribution is 2.17. The third kappa shape index (κ3) is 3.66. The second-order valence-electron chi connectivity index (χ2n) is 5.04. The Bertz CT molecular complexity index is 577. The maximum atomic E-state index is 11.8. The molecular weight excluding hydrogens is 264 g/mol. The fourth-order valence-electron chi connectivity index (χ4n) is 1.61. The molecule has 0 N–H and O–H groups in total. The van der Waals surface area contributed by atoms with Gasteiger partial charge in [-0.1, -0.05) is 13.8 Å². The van der Waals surface area contributed by atoms with Gasteiger partial charge in [-0.05, 0) is 19.8 Å². The number of ether oxygens (including phenoxy) is 1. The van der Waals surface area contributed by atoms with Crippen molar-refractivity contribution in [3.8, 4) is 0 Å². The van der Waals surface area contributed by atoms with E-state index in [0.29, 0.717) is 0 Å². The predicted molar refractivity (Wildman–Crippen MR) is 72.6 cm³/mol. The molecule has 0 aliphatic rings. The van der Waals surface area contributed by atoms with Crippen LogP contribution in [0.3, 0.4) is 0 Å². The number of hydrogen-bond donors (Lipinski definition) is 0. The summed E-state index contributed by atoms with van der Waals surface area (Å²) >= 11 is 0. The lowest BCUT2D eigenvalue weighted by atomic mass is 10.2. The standard InChI is InChI=1S/C13H18N2O5/c1-8(2)7-20-13(17)10(4)14-6-11(15(18)19)9(3)5-12(14)16/h5-6,8,10H,7H2,1-4H3. The maximum absolute atomic E-state index is 11.8. The predicted octanol–water partition coefficient (Wildman–Crippen LogP) is 1.83. The number of esters is 1. The Hall–Kier alpha value is -2.18. The van der Waals surface area contributed by atoms with E-state index < -0.39 is 22.5 Å². The van der Waals surface area contributed by atoms with Crippen molar-refractivity contribution in [2.24, 2.45) is 5.92 Å². The van der Waals surface area contributed by atoms with Crippen molar-refractivity contribution in [1.29, 1.82) is 0 Å². The van der Waals surface area contributed by atoms with Crippen LogP contribution in [0.15, 0.2) is 17.1 Å². The Kier molecular flexibility index (Phi) is 5.01. The zero-order chi connectivity index (χ0) is 15.4. The molecule has 1 heterocycles. The Balaban J connectivity index is 3.06. The van der Waals surface area contributed by atoms with E-state index in [0.717, 1.165) is 16.8 Å². The average Bonchev–Trinajstić information content (AvgIpc) is 2.34. The third-order valence-electron chi connectivity index (χ3n) is 2.77. The number of nitro groups is 1. The van der Waals surface area contributed by atoms with Crippen LogP contribution in [-0.2, 0) is 9.53 Å². The van der Waals surface area contributed by atoms with Gasteiger partial charge in [0.15, 0.2) is 0 Å². The lowest BCUT2D eigenvalue weighted by molar-refractivity contribution is -0.386. The van der Waals surface area contributed by atoms with E-state index in [1.54, 1.807) is 0 Å². The largest absolute Gasteiger partial charge is 0.464 e. The first-order chi connectivity index (χ1) is 9.23. The van der Waals surface area contributed by atoms with Crippen molar-refractivity contribution in [1.82, 2.24) is 4.57 Å². The first kappa shape index (κ1) is 15.9. The summed E-state index contributed by atoms with van der Waals surface area (Å²) in [5.41, 5.74) is -0.408. The van der Waals surface area contributed by atoms with Gasteiger partial charge in [-0.25, -0.2) is 4.79 Å². The highest BCUT2D eigenvalue weighted by Gasteiger charge is 2.22. The van der Waals surface area contributed by atoms with Crippen molar-refractivity contribution in [2.75, 3.05) is 6.61 Å². The van der Waals surface area contributed by atoms with Gasteiger partial charge in [-0.3, -0.25) is 19.5 Å². The quantitative estimate of drug-likeness (QED) is 0.466. The van der Waals surface area contributed by atoms with E-state index in [2.05, 4.69) is 0 Å². The van der Waals surface area contributed by atoms with Crippen molar-refractivity contribution in [2.45, 2.75) is 33.7 Å². The number of hydrogen-bond acceptors (Lipinski definition) is 5. The molecule has 0 bridgehead atoms. The monoisotopic (exact) mass is 282 g/mol. The van der Waals surface area contributed by atoms with Crippen LogP contribution in [0.2, 0.25) is 0 Å². The topological polar surface area (TPSA) is 91.4 Å². The summed E-state index contributed by atoms with van der Waals surface area (Å²) in [6.07, 6.45) is 1.08. The number of aromatic nitrogens is 1. The molecule has 0 aliphatic heterocycles. The fourth-order valence-corrected chi connectivity index (χ4v) is 1.61. The number of nitrogens with zero attached hydrogens (tertiary/aromatic N) is 2. The number of carbonyl (C=O) groups is 1. The van der Waals surface area contributed by atoms with E-state index in [9.17, 15) is 19.7 Å². The van der Waals surface area contributed by atoms with Gasteiger partial charge in [0, 0.05) is 11.6 Å². The number of carbonyl (C=O) groups excluding carboxylic acids is 1. The molecule has 7 heteroatoms. The summed E-state index contributed by atoms with van der Waals surface area (Å²) in [5, 5.41) is 10.9. The molecule has 0 aliphatic carbocycles. The zero-order valence-electron chi connectivity index (χ0n) is 12.0. The first-order valence-electron chi connectivity index (χ1n) is 6.27. The van der Waals surface area contributed by atoms with Gasteiger partial charge in [0.2, 0.25) is 0 Å².